The van der Waals surface area contributed by atoms with Crippen LogP contribution in [-0.2, 0) is 12.8 Å². The second kappa shape index (κ2) is 5.15. The monoisotopic (exact) mass is 310 g/mol. The number of thiazole rings is 1. The molecule has 3 rings (SSSR count). The van der Waals surface area contributed by atoms with Gasteiger partial charge in [0.15, 0.2) is 5.13 Å². The molecule has 0 bridgehead atoms. The Labute approximate surface area is 125 Å². The molecule has 1 aromatic carbocycles. The number of fused-ring (bicyclic) bond motifs is 1. The zero-order valence-electron chi connectivity index (χ0n) is 9.94. The Kier molecular flexibility index (Phi) is 3.52. The average molecular weight is 311 g/mol. The highest BCUT2D eigenvalue weighted by atomic mass is 35.5. The van der Waals surface area contributed by atoms with Gasteiger partial charge in [-0.05, 0) is 37.5 Å². The topological polar surface area (TPSA) is 42.0 Å². The maximum Gasteiger partial charge on any atom is 0.258 e. The van der Waals surface area contributed by atoms with Gasteiger partial charge in [-0.25, -0.2) is 4.98 Å². The number of amides is 1. The van der Waals surface area contributed by atoms with Gasteiger partial charge in [0.25, 0.3) is 5.91 Å². The summed E-state index contributed by atoms with van der Waals surface area (Å²) >= 11 is 11.8. The fourth-order valence-corrected chi connectivity index (χ4v) is 3.55. The molecular weight excluding hydrogens is 300 g/mol. The van der Waals surface area contributed by atoms with Crippen LogP contribution in [0, 0.1) is 0 Å². The van der Waals surface area contributed by atoms with Crippen molar-refractivity contribution in [3.63, 3.8) is 0 Å². The first-order chi connectivity index (χ1) is 9.13. The van der Waals surface area contributed by atoms with Gasteiger partial charge in [0, 0.05) is 9.77 Å². The Balaban J connectivity index is 1.82. The number of rotatable bonds is 2. The molecule has 0 fully saturated rings. The molecule has 19 heavy (non-hydrogen) atoms. The van der Waals surface area contributed by atoms with E-state index in [1.807, 2.05) is 0 Å². The lowest BCUT2D eigenvalue weighted by atomic mass is 10.2. The predicted octanol–water partition coefficient (Wildman–Crippen LogP) is 3.83. The van der Waals surface area contributed by atoms with Crippen LogP contribution < -0.4 is 5.32 Å². The molecule has 0 spiro atoms. The van der Waals surface area contributed by atoms with Crippen LogP contribution in [0.5, 0.6) is 0 Å². The molecule has 1 heterocycles. The van der Waals surface area contributed by atoms with Gasteiger partial charge >= 0.3 is 0 Å². The standard InChI is InChI=1S/C13H11ClN2OS2/c14-9-5-4-7(18)6-8(9)12(17)16-13-15-10-2-1-3-11(10)19-13/h4-6,18H,1-3H2,(H,15,16,17). The summed E-state index contributed by atoms with van der Waals surface area (Å²) in [5, 5.41) is 3.87. The van der Waals surface area contributed by atoms with Crippen molar-refractivity contribution in [1.29, 1.82) is 0 Å². The number of aromatic nitrogens is 1. The molecule has 0 aliphatic heterocycles. The van der Waals surface area contributed by atoms with Gasteiger partial charge in [-0.3, -0.25) is 10.1 Å². The van der Waals surface area contributed by atoms with Crippen LogP contribution in [0.4, 0.5) is 5.13 Å². The number of hydrogen-bond acceptors (Lipinski definition) is 4. The Morgan fingerprint density at radius 1 is 1.42 bits per heavy atom. The minimum atomic E-state index is -0.242. The van der Waals surface area contributed by atoms with Crippen LogP contribution in [0.1, 0.15) is 27.3 Å². The fourth-order valence-electron chi connectivity index (χ4n) is 2.10. The predicted molar refractivity (Wildman–Crippen MR) is 80.8 cm³/mol. The van der Waals surface area contributed by atoms with E-state index in [0.717, 1.165) is 25.0 Å². The molecule has 1 amide bonds. The average Bonchev–Trinajstić information content (AvgIpc) is 2.92. The van der Waals surface area contributed by atoms with Gasteiger partial charge < -0.3 is 0 Å². The number of aryl methyl sites for hydroxylation is 2. The molecule has 0 atom stereocenters. The highest BCUT2D eigenvalue weighted by molar-refractivity contribution is 7.80. The Morgan fingerprint density at radius 2 is 2.26 bits per heavy atom. The van der Waals surface area contributed by atoms with E-state index >= 15 is 0 Å². The van der Waals surface area contributed by atoms with E-state index in [0.29, 0.717) is 20.6 Å². The molecule has 6 heteroatoms. The Morgan fingerprint density at radius 3 is 3.05 bits per heavy atom. The van der Waals surface area contributed by atoms with Crippen molar-refractivity contribution in [1.82, 2.24) is 4.98 Å². The summed E-state index contributed by atoms with van der Waals surface area (Å²) in [4.78, 5) is 18.6. The molecule has 0 saturated heterocycles. The lowest BCUT2D eigenvalue weighted by molar-refractivity contribution is 0.102. The number of carbonyl (C=O) groups is 1. The summed E-state index contributed by atoms with van der Waals surface area (Å²) in [5.74, 6) is -0.242. The molecule has 2 aromatic rings. The number of carbonyl (C=O) groups excluding carboxylic acids is 1. The maximum atomic E-state index is 12.2. The number of thiol groups is 1. The highest BCUT2D eigenvalue weighted by Crippen LogP contribution is 2.31. The smallest absolute Gasteiger partial charge is 0.258 e. The number of benzene rings is 1. The van der Waals surface area contributed by atoms with Crippen LogP contribution in [0.3, 0.4) is 0 Å². The van der Waals surface area contributed by atoms with E-state index in [-0.39, 0.29) is 5.91 Å². The van der Waals surface area contributed by atoms with Crippen LogP contribution in [0.2, 0.25) is 5.02 Å². The van der Waals surface area contributed by atoms with Gasteiger partial charge in [0.05, 0.1) is 16.3 Å². The normalized spacial score (nSPS) is 13.4. The second-order valence-corrected chi connectivity index (χ2v) is 6.37. The first kappa shape index (κ1) is 13.0. The number of hydrogen-bond donors (Lipinski definition) is 2. The summed E-state index contributed by atoms with van der Waals surface area (Å²) in [5.41, 5.74) is 1.54. The molecule has 3 nitrogen and oxygen atoms in total. The number of nitrogens with one attached hydrogen (secondary N) is 1. The maximum absolute atomic E-state index is 12.2. The fraction of sp³-hybridized carbons (Fsp3) is 0.231. The number of nitrogens with zero attached hydrogens (tertiary/aromatic N) is 1. The molecule has 1 aromatic heterocycles. The number of anilines is 1. The van der Waals surface area contributed by atoms with Crippen LogP contribution in [-0.4, -0.2) is 10.9 Å². The molecular formula is C13H11ClN2OS2. The minimum absolute atomic E-state index is 0.242. The quantitative estimate of drug-likeness (QED) is 0.828. The van der Waals surface area contributed by atoms with Gasteiger partial charge in [-0.2, -0.15) is 0 Å². The van der Waals surface area contributed by atoms with Crippen molar-refractivity contribution in [2.24, 2.45) is 0 Å². The van der Waals surface area contributed by atoms with E-state index in [4.69, 9.17) is 11.6 Å². The van der Waals surface area contributed by atoms with E-state index in [2.05, 4.69) is 22.9 Å². The molecule has 0 unspecified atom stereocenters. The highest BCUT2D eigenvalue weighted by Gasteiger charge is 2.19. The van der Waals surface area contributed by atoms with Gasteiger partial charge in [0.2, 0.25) is 0 Å². The van der Waals surface area contributed by atoms with E-state index in [1.54, 1.807) is 29.5 Å². The molecule has 0 saturated carbocycles. The first-order valence-corrected chi connectivity index (χ1v) is 7.56. The van der Waals surface area contributed by atoms with E-state index < -0.39 is 0 Å². The molecule has 0 radical (unpaired) electrons. The van der Waals surface area contributed by atoms with Crippen LogP contribution in [0.25, 0.3) is 0 Å². The Hall–Kier alpha value is -1.04. The van der Waals surface area contributed by atoms with E-state index in [9.17, 15) is 4.79 Å². The van der Waals surface area contributed by atoms with Crippen molar-refractivity contribution in [3.8, 4) is 0 Å². The zero-order valence-corrected chi connectivity index (χ0v) is 12.4. The van der Waals surface area contributed by atoms with Crippen LogP contribution in [0.15, 0.2) is 23.1 Å². The third kappa shape index (κ3) is 2.63. The minimum Gasteiger partial charge on any atom is -0.298 e. The zero-order chi connectivity index (χ0) is 13.4. The lowest BCUT2D eigenvalue weighted by Gasteiger charge is -2.05. The van der Waals surface area contributed by atoms with Gasteiger partial charge in [-0.15, -0.1) is 24.0 Å². The first-order valence-electron chi connectivity index (χ1n) is 5.92. The summed E-state index contributed by atoms with van der Waals surface area (Å²) in [6.45, 7) is 0. The SMILES string of the molecule is O=C(Nc1nc2c(s1)CCC2)c1cc(S)ccc1Cl. The molecule has 1 aliphatic rings. The van der Waals surface area contributed by atoms with Crippen molar-refractivity contribution in [3.05, 3.63) is 39.4 Å². The molecule has 98 valence electrons. The van der Waals surface area contributed by atoms with Gasteiger partial charge in [0.1, 0.15) is 0 Å². The van der Waals surface area contributed by atoms with E-state index in [1.165, 1.54) is 4.88 Å². The summed E-state index contributed by atoms with van der Waals surface area (Å²) in [6.07, 6.45) is 3.24. The largest absolute Gasteiger partial charge is 0.298 e. The van der Waals surface area contributed by atoms with Crippen molar-refractivity contribution in [2.45, 2.75) is 24.2 Å². The summed E-state index contributed by atoms with van der Waals surface area (Å²) in [6, 6.07) is 5.07. The third-order valence-electron chi connectivity index (χ3n) is 3.01. The van der Waals surface area contributed by atoms with Crippen molar-refractivity contribution >= 4 is 46.6 Å². The summed E-state index contributed by atoms with van der Waals surface area (Å²) in [7, 11) is 0. The lowest BCUT2D eigenvalue weighted by Crippen LogP contribution is -2.12. The van der Waals surface area contributed by atoms with Crippen molar-refractivity contribution < 1.29 is 4.79 Å². The second-order valence-electron chi connectivity index (χ2n) is 4.36. The van der Waals surface area contributed by atoms with Crippen LogP contribution >= 0.6 is 35.6 Å². The third-order valence-corrected chi connectivity index (χ3v) is 4.69. The molecule has 1 aliphatic carbocycles. The Bertz CT molecular complexity index is 633. The number of halogens is 1. The molecule has 1 N–H and O–H groups in total. The summed E-state index contributed by atoms with van der Waals surface area (Å²) < 4.78 is 0. The van der Waals surface area contributed by atoms with Crippen molar-refractivity contribution in [2.75, 3.05) is 5.32 Å². The van der Waals surface area contributed by atoms with Gasteiger partial charge in [-0.1, -0.05) is 11.6 Å².